The standard InChI is InChI=1S/C12H18OS/c1-10-4-6-11(7-5-10)14-9-8-12(2,3)13/h4-7,13H,8-9H2,1-3H3. The van der Waals surface area contributed by atoms with E-state index >= 15 is 0 Å². The van der Waals surface area contributed by atoms with Gasteiger partial charge in [0.25, 0.3) is 0 Å². The topological polar surface area (TPSA) is 20.2 Å². The fourth-order valence-corrected chi connectivity index (χ4v) is 2.22. The molecule has 0 bridgehead atoms. The molecule has 1 rings (SSSR count). The number of hydrogen-bond acceptors (Lipinski definition) is 2. The van der Waals surface area contributed by atoms with E-state index in [9.17, 15) is 5.11 Å². The molecule has 0 amide bonds. The number of aryl methyl sites for hydroxylation is 1. The molecule has 1 nitrogen and oxygen atoms in total. The van der Waals surface area contributed by atoms with E-state index in [1.165, 1.54) is 10.5 Å². The van der Waals surface area contributed by atoms with E-state index in [1.807, 2.05) is 13.8 Å². The highest BCUT2D eigenvalue weighted by atomic mass is 32.2. The molecule has 1 aromatic carbocycles. The van der Waals surface area contributed by atoms with Crippen molar-refractivity contribution in [2.75, 3.05) is 5.75 Å². The van der Waals surface area contributed by atoms with Gasteiger partial charge in [0.15, 0.2) is 0 Å². The molecule has 14 heavy (non-hydrogen) atoms. The third-order valence-corrected chi connectivity index (χ3v) is 3.02. The van der Waals surface area contributed by atoms with E-state index in [1.54, 1.807) is 11.8 Å². The number of benzene rings is 1. The molecule has 0 spiro atoms. The van der Waals surface area contributed by atoms with Crippen LogP contribution in [0.25, 0.3) is 0 Å². The van der Waals surface area contributed by atoms with Crippen LogP contribution >= 0.6 is 11.8 Å². The summed E-state index contributed by atoms with van der Waals surface area (Å²) in [5.74, 6) is 0.965. The molecular formula is C12H18OS. The van der Waals surface area contributed by atoms with Gasteiger partial charge in [-0.2, -0.15) is 0 Å². The third kappa shape index (κ3) is 4.68. The van der Waals surface area contributed by atoms with Gasteiger partial charge < -0.3 is 5.11 Å². The summed E-state index contributed by atoms with van der Waals surface area (Å²) in [5, 5.41) is 9.53. The van der Waals surface area contributed by atoms with Gasteiger partial charge in [0.05, 0.1) is 5.60 Å². The van der Waals surface area contributed by atoms with Gasteiger partial charge in [-0.25, -0.2) is 0 Å². The van der Waals surface area contributed by atoms with Crippen LogP contribution in [0.4, 0.5) is 0 Å². The number of thioether (sulfide) groups is 1. The van der Waals surface area contributed by atoms with E-state index in [2.05, 4.69) is 31.2 Å². The maximum Gasteiger partial charge on any atom is 0.0599 e. The van der Waals surface area contributed by atoms with Crippen molar-refractivity contribution in [2.24, 2.45) is 0 Å². The third-order valence-electron chi connectivity index (χ3n) is 2.00. The summed E-state index contributed by atoms with van der Waals surface area (Å²) in [6, 6.07) is 8.49. The lowest BCUT2D eigenvalue weighted by Crippen LogP contribution is -2.18. The van der Waals surface area contributed by atoms with Crippen LogP contribution in [-0.4, -0.2) is 16.5 Å². The minimum atomic E-state index is -0.544. The molecule has 0 saturated carbocycles. The Morgan fingerprint density at radius 2 is 1.79 bits per heavy atom. The number of aliphatic hydroxyl groups is 1. The average Bonchev–Trinajstić information content (AvgIpc) is 2.06. The minimum absolute atomic E-state index is 0.544. The smallest absolute Gasteiger partial charge is 0.0599 e. The molecule has 0 saturated heterocycles. The van der Waals surface area contributed by atoms with E-state index in [0.29, 0.717) is 0 Å². The molecular weight excluding hydrogens is 192 g/mol. The fourth-order valence-electron chi connectivity index (χ4n) is 1.05. The lowest BCUT2D eigenvalue weighted by Gasteiger charge is -2.16. The van der Waals surface area contributed by atoms with Crippen LogP contribution in [0.1, 0.15) is 25.8 Å². The molecule has 0 fully saturated rings. The van der Waals surface area contributed by atoms with Crippen molar-refractivity contribution in [3.63, 3.8) is 0 Å². The molecule has 1 aromatic rings. The second kappa shape index (κ2) is 4.85. The van der Waals surface area contributed by atoms with E-state index in [0.717, 1.165) is 12.2 Å². The van der Waals surface area contributed by atoms with Gasteiger partial charge in [-0.15, -0.1) is 11.8 Å². The molecule has 0 aliphatic rings. The van der Waals surface area contributed by atoms with E-state index in [4.69, 9.17) is 0 Å². The lowest BCUT2D eigenvalue weighted by atomic mass is 10.1. The van der Waals surface area contributed by atoms with Crippen LogP contribution in [0.3, 0.4) is 0 Å². The van der Waals surface area contributed by atoms with Crippen molar-refractivity contribution in [3.05, 3.63) is 29.8 Å². The Kier molecular flexibility index (Phi) is 4.02. The summed E-state index contributed by atoms with van der Waals surface area (Å²) in [5.41, 5.74) is 0.745. The van der Waals surface area contributed by atoms with Crippen molar-refractivity contribution >= 4 is 11.8 Å². The van der Waals surface area contributed by atoms with Gasteiger partial charge in [0.1, 0.15) is 0 Å². The largest absolute Gasteiger partial charge is 0.390 e. The molecule has 0 unspecified atom stereocenters. The average molecular weight is 210 g/mol. The monoisotopic (exact) mass is 210 g/mol. The zero-order chi connectivity index (χ0) is 10.6. The van der Waals surface area contributed by atoms with Gasteiger partial charge in [0, 0.05) is 10.6 Å². The van der Waals surface area contributed by atoms with Gasteiger partial charge in [-0.3, -0.25) is 0 Å². The zero-order valence-electron chi connectivity index (χ0n) is 9.08. The number of hydrogen-bond donors (Lipinski definition) is 1. The summed E-state index contributed by atoms with van der Waals surface area (Å²) in [7, 11) is 0. The molecule has 2 heteroatoms. The first-order valence-electron chi connectivity index (χ1n) is 4.89. The molecule has 0 heterocycles. The van der Waals surface area contributed by atoms with Crippen molar-refractivity contribution in [1.82, 2.24) is 0 Å². The Balaban J connectivity index is 2.35. The maximum absolute atomic E-state index is 9.53. The molecule has 78 valence electrons. The Morgan fingerprint density at radius 1 is 1.21 bits per heavy atom. The van der Waals surface area contributed by atoms with Crippen molar-refractivity contribution in [3.8, 4) is 0 Å². The lowest BCUT2D eigenvalue weighted by molar-refractivity contribution is 0.0778. The molecule has 0 atom stereocenters. The van der Waals surface area contributed by atoms with Crippen molar-refractivity contribution in [2.45, 2.75) is 37.7 Å². The normalized spacial score (nSPS) is 11.7. The molecule has 1 N–H and O–H groups in total. The van der Waals surface area contributed by atoms with Crippen LogP contribution in [0.15, 0.2) is 29.2 Å². The first-order chi connectivity index (χ1) is 6.47. The van der Waals surface area contributed by atoms with Gasteiger partial charge in [-0.05, 0) is 39.3 Å². The highest BCUT2D eigenvalue weighted by Crippen LogP contribution is 2.21. The highest BCUT2D eigenvalue weighted by Gasteiger charge is 2.11. The zero-order valence-corrected chi connectivity index (χ0v) is 9.90. The summed E-state index contributed by atoms with van der Waals surface area (Å²) < 4.78 is 0. The summed E-state index contributed by atoms with van der Waals surface area (Å²) >= 11 is 1.80. The fraction of sp³-hybridized carbons (Fsp3) is 0.500. The van der Waals surface area contributed by atoms with Crippen LogP contribution in [0, 0.1) is 6.92 Å². The second-order valence-corrected chi connectivity index (χ2v) is 5.39. The van der Waals surface area contributed by atoms with Crippen molar-refractivity contribution < 1.29 is 5.11 Å². The summed E-state index contributed by atoms with van der Waals surface area (Å²) in [4.78, 5) is 1.28. The Morgan fingerprint density at radius 3 is 2.29 bits per heavy atom. The molecule has 0 radical (unpaired) electrons. The summed E-state index contributed by atoms with van der Waals surface area (Å²) in [6.07, 6.45) is 0.825. The first-order valence-corrected chi connectivity index (χ1v) is 5.88. The quantitative estimate of drug-likeness (QED) is 0.770. The molecule has 0 aliphatic heterocycles. The SMILES string of the molecule is Cc1ccc(SCCC(C)(C)O)cc1. The van der Waals surface area contributed by atoms with Crippen LogP contribution < -0.4 is 0 Å². The minimum Gasteiger partial charge on any atom is -0.390 e. The Bertz CT molecular complexity index is 271. The maximum atomic E-state index is 9.53. The predicted molar refractivity (Wildman–Crippen MR) is 62.8 cm³/mol. The molecule has 0 aromatic heterocycles. The highest BCUT2D eigenvalue weighted by molar-refractivity contribution is 7.99. The number of rotatable bonds is 4. The van der Waals surface area contributed by atoms with E-state index < -0.39 is 5.60 Å². The first kappa shape index (κ1) is 11.6. The van der Waals surface area contributed by atoms with Gasteiger partial charge in [-0.1, -0.05) is 17.7 Å². The Hall–Kier alpha value is -0.470. The van der Waals surface area contributed by atoms with Gasteiger partial charge in [0.2, 0.25) is 0 Å². The van der Waals surface area contributed by atoms with E-state index in [-0.39, 0.29) is 0 Å². The predicted octanol–water partition coefficient (Wildman–Crippen LogP) is 3.25. The van der Waals surface area contributed by atoms with Crippen molar-refractivity contribution in [1.29, 1.82) is 0 Å². The molecule has 0 aliphatic carbocycles. The summed E-state index contributed by atoms with van der Waals surface area (Å²) in [6.45, 7) is 5.79. The van der Waals surface area contributed by atoms with Crippen LogP contribution in [0.5, 0.6) is 0 Å². The second-order valence-electron chi connectivity index (χ2n) is 4.22. The van der Waals surface area contributed by atoms with Gasteiger partial charge >= 0.3 is 0 Å². The van der Waals surface area contributed by atoms with Crippen LogP contribution in [0.2, 0.25) is 0 Å². The van der Waals surface area contributed by atoms with Crippen LogP contribution in [-0.2, 0) is 0 Å². The Labute approximate surface area is 90.5 Å².